The van der Waals surface area contributed by atoms with E-state index in [0.29, 0.717) is 11.7 Å². The number of hydrogen-bond acceptors (Lipinski definition) is 4. The van der Waals surface area contributed by atoms with Crippen molar-refractivity contribution in [2.45, 2.75) is 6.54 Å². The van der Waals surface area contributed by atoms with Crippen molar-refractivity contribution >= 4 is 17.6 Å². The molecule has 1 aliphatic heterocycles. The van der Waals surface area contributed by atoms with E-state index in [4.69, 9.17) is 16.3 Å². The Labute approximate surface area is 114 Å². The van der Waals surface area contributed by atoms with Gasteiger partial charge in [0.15, 0.2) is 5.03 Å². The second-order valence-corrected chi connectivity index (χ2v) is 4.37. The highest BCUT2D eigenvalue weighted by molar-refractivity contribution is 6.29. The standard InChI is InChI=1S/C10H12ClN5O3/c1-14-6-19-7-15(10(14)13-16(17)18)5-8-2-3-9(11)12-4-8/h2-4H,5-7H2,1H3. The molecule has 1 aromatic heterocycles. The van der Waals surface area contributed by atoms with Crippen molar-refractivity contribution in [2.24, 2.45) is 5.10 Å². The molecule has 0 amide bonds. The van der Waals surface area contributed by atoms with E-state index in [-0.39, 0.29) is 19.4 Å². The van der Waals surface area contributed by atoms with Crippen molar-refractivity contribution in [3.8, 4) is 0 Å². The van der Waals surface area contributed by atoms with E-state index in [2.05, 4.69) is 10.1 Å². The Morgan fingerprint density at radius 1 is 1.58 bits per heavy atom. The van der Waals surface area contributed by atoms with Crippen LogP contribution in [-0.2, 0) is 11.3 Å². The van der Waals surface area contributed by atoms with Crippen molar-refractivity contribution < 1.29 is 9.77 Å². The summed E-state index contributed by atoms with van der Waals surface area (Å²) in [5.74, 6) is 0.256. The first kappa shape index (κ1) is 13.5. The molecule has 0 atom stereocenters. The predicted octanol–water partition coefficient (Wildman–Crippen LogP) is 0.962. The molecule has 19 heavy (non-hydrogen) atoms. The van der Waals surface area contributed by atoms with Gasteiger partial charge in [-0.2, -0.15) is 0 Å². The van der Waals surface area contributed by atoms with Gasteiger partial charge in [-0.1, -0.05) is 17.7 Å². The van der Waals surface area contributed by atoms with Crippen LogP contribution in [0.15, 0.2) is 23.4 Å². The largest absolute Gasteiger partial charge is 0.341 e. The monoisotopic (exact) mass is 285 g/mol. The van der Waals surface area contributed by atoms with Crippen LogP contribution < -0.4 is 0 Å². The quantitative estimate of drug-likeness (QED) is 0.467. The zero-order chi connectivity index (χ0) is 13.8. The predicted molar refractivity (Wildman–Crippen MR) is 67.8 cm³/mol. The van der Waals surface area contributed by atoms with E-state index in [0.717, 1.165) is 5.56 Å². The number of aromatic nitrogens is 1. The summed E-state index contributed by atoms with van der Waals surface area (Å²) in [6.45, 7) is 0.906. The van der Waals surface area contributed by atoms with Gasteiger partial charge in [-0.05, 0) is 11.6 Å². The van der Waals surface area contributed by atoms with Crippen molar-refractivity contribution in [1.82, 2.24) is 14.8 Å². The maximum Gasteiger partial charge on any atom is 0.277 e. The van der Waals surface area contributed by atoms with Crippen LogP contribution in [0.2, 0.25) is 5.15 Å². The second-order valence-electron chi connectivity index (χ2n) is 3.99. The summed E-state index contributed by atoms with van der Waals surface area (Å²) in [7, 11) is 1.68. The van der Waals surface area contributed by atoms with Crippen LogP contribution in [-0.4, -0.2) is 46.3 Å². The van der Waals surface area contributed by atoms with Gasteiger partial charge in [0.1, 0.15) is 23.7 Å². The van der Waals surface area contributed by atoms with E-state index in [1.165, 1.54) is 0 Å². The Balaban J connectivity index is 2.16. The summed E-state index contributed by atoms with van der Waals surface area (Å²) >= 11 is 5.70. The molecule has 2 heterocycles. The smallest absolute Gasteiger partial charge is 0.277 e. The number of halogens is 1. The lowest BCUT2D eigenvalue weighted by Gasteiger charge is -2.34. The van der Waals surface area contributed by atoms with Gasteiger partial charge in [-0.25, -0.2) is 15.1 Å². The fourth-order valence-corrected chi connectivity index (χ4v) is 1.81. The fourth-order valence-electron chi connectivity index (χ4n) is 1.69. The van der Waals surface area contributed by atoms with Crippen LogP contribution in [0.3, 0.4) is 0 Å². The van der Waals surface area contributed by atoms with Crippen LogP contribution in [0.5, 0.6) is 0 Å². The molecule has 0 spiro atoms. The average Bonchev–Trinajstić information content (AvgIpc) is 2.36. The molecule has 0 N–H and O–H groups in total. The number of ether oxygens (including phenoxy) is 1. The average molecular weight is 286 g/mol. The molecule has 0 bridgehead atoms. The minimum absolute atomic E-state index is 0.236. The second kappa shape index (κ2) is 5.81. The zero-order valence-corrected chi connectivity index (χ0v) is 10.9. The van der Waals surface area contributed by atoms with Crippen molar-refractivity contribution in [2.75, 3.05) is 20.5 Å². The first-order valence-electron chi connectivity index (χ1n) is 5.43. The summed E-state index contributed by atoms with van der Waals surface area (Å²) in [5, 5.41) is 13.6. The van der Waals surface area contributed by atoms with Gasteiger partial charge >= 0.3 is 0 Å². The number of pyridine rings is 1. The number of guanidine groups is 1. The highest BCUT2D eigenvalue weighted by atomic mass is 35.5. The minimum Gasteiger partial charge on any atom is -0.341 e. The molecular weight excluding hydrogens is 274 g/mol. The molecule has 0 unspecified atom stereocenters. The lowest BCUT2D eigenvalue weighted by molar-refractivity contribution is -0.486. The number of rotatable bonds is 3. The SMILES string of the molecule is CN1COCN(Cc2ccc(Cl)nc2)C1=N[N+](=O)[O-]. The summed E-state index contributed by atoms with van der Waals surface area (Å²) in [6, 6.07) is 3.46. The van der Waals surface area contributed by atoms with E-state index >= 15 is 0 Å². The first-order chi connectivity index (χ1) is 9.06. The highest BCUT2D eigenvalue weighted by Gasteiger charge is 2.25. The lowest BCUT2D eigenvalue weighted by Crippen LogP contribution is -2.49. The maximum absolute atomic E-state index is 10.5. The molecule has 8 nitrogen and oxygen atoms in total. The van der Waals surface area contributed by atoms with E-state index < -0.39 is 5.03 Å². The van der Waals surface area contributed by atoms with E-state index in [9.17, 15) is 10.1 Å². The molecule has 0 radical (unpaired) electrons. The Bertz CT molecular complexity index is 492. The number of hydrogen-bond donors (Lipinski definition) is 0. The van der Waals surface area contributed by atoms with E-state index in [1.54, 1.807) is 35.2 Å². The Hall–Kier alpha value is -1.93. The van der Waals surface area contributed by atoms with Crippen LogP contribution in [0.25, 0.3) is 0 Å². The summed E-state index contributed by atoms with van der Waals surface area (Å²) in [5.41, 5.74) is 0.861. The van der Waals surface area contributed by atoms with Gasteiger partial charge in [0.2, 0.25) is 0 Å². The molecule has 2 rings (SSSR count). The topological polar surface area (TPSA) is 84.1 Å². The van der Waals surface area contributed by atoms with Crippen LogP contribution in [0.4, 0.5) is 0 Å². The molecular formula is C10H12ClN5O3. The number of hydrazone groups is 1. The van der Waals surface area contributed by atoms with Crippen LogP contribution in [0, 0.1) is 10.1 Å². The Morgan fingerprint density at radius 3 is 3.00 bits per heavy atom. The van der Waals surface area contributed by atoms with Gasteiger partial charge in [0.05, 0.1) is 0 Å². The molecule has 1 fully saturated rings. The first-order valence-corrected chi connectivity index (χ1v) is 5.81. The summed E-state index contributed by atoms with van der Waals surface area (Å²) < 4.78 is 5.30. The minimum atomic E-state index is -0.718. The van der Waals surface area contributed by atoms with Crippen LogP contribution >= 0.6 is 11.6 Å². The van der Waals surface area contributed by atoms with Gasteiger partial charge in [0, 0.05) is 19.8 Å². The molecule has 0 aromatic carbocycles. The Morgan fingerprint density at radius 2 is 2.37 bits per heavy atom. The maximum atomic E-state index is 10.5. The van der Waals surface area contributed by atoms with Gasteiger partial charge in [-0.15, -0.1) is 0 Å². The van der Waals surface area contributed by atoms with E-state index in [1.807, 2.05) is 0 Å². The van der Waals surface area contributed by atoms with Crippen molar-refractivity contribution in [3.63, 3.8) is 0 Å². The van der Waals surface area contributed by atoms with Gasteiger partial charge in [-0.3, -0.25) is 0 Å². The zero-order valence-electron chi connectivity index (χ0n) is 10.2. The van der Waals surface area contributed by atoms with Gasteiger partial charge < -0.3 is 14.5 Å². The molecule has 9 heteroatoms. The van der Waals surface area contributed by atoms with Crippen molar-refractivity contribution in [3.05, 3.63) is 39.2 Å². The molecule has 1 saturated heterocycles. The third-order valence-electron chi connectivity index (χ3n) is 2.49. The molecule has 0 saturated carbocycles. The molecule has 0 aliphatic carbocycles. The third kappa shape index (κ3) is 3.52. The Kier molecular flexibility index (Phi) is 4.13. The normalized spacial score (nSPS) is 17.9. The summed E-state index contributed by atoms with van der Waals surface area (Å²) in [6.07, 6.45) is 1.61. The number of nitrogens with zero attached hydrogens (tertiary/aromatic N) is 5. The molecule has 1 aromatic rings. The highest BCUT2D eigenvalue weighted by Crippen LogP contribution is 2.12. The van der Waals surface area contributed by atoms with Crippen LogP contribution in [0.1, 0.15) is 5.56 Å². The third-order valence-corrected chi connectivity index (χ3v) is 2.71. The van der Waals surface area contributed by atoms with Gasteiger partial charge in [0.25, 0.3) is 5.96 Å². The number of nitro groups is 1. The van der Waals surface area contributed by atoms with Crippen molar-refractivity contribution in [1.29, 1.82) is 0 Å². The molecule has 1 aliphatic rings. The molecule has 102 valence electrons. The lowest BCUT2D eigenvalue weighted by atomic mass is 10.3. The summed E-state index contributed by atoms with van der Waals surface area (Å²) in [4.78, 5) is 17.7. The fraction of sp³-hybridized carbons (Fsp3) is 0.400.